The van der Waals surface area contributed by atoms with Crippen LogP contribution in [0.4, 0.5) is 5.13 Å². The van der Waals surface area contributed by atoms with E-state index >= 15 is 0 Å². The van der Waals surface area contributed by atoms with Gasteiger partial charge < -0.3 is 15.0 Å². The minimum absolute atomic E-state index is 0.500. The Morgan fingerprint density at radius 1 is 1.43 bits per heavy atom. The number of anilines is 1. The van der Waals surface area contributed by atoms with E-state index in [1.807, 2.05) is 11.3 Å². The van der Waals surface area contributed by atoms with Crippen molar-refractivity contribution in [3.8, 4) is 0 Å². The zero-order chi connectivity index (χ0) is 15.2. The Bertz CT molecular complexity index is 431. The highest BCUT2D eigenvalue weighted by molar-refractivity contribution is 7.15. The summed E-state index contributed by atoms with van der Waals surface area (Å²) >= 11 is 1.85. The van der Waals surface area contributed by atoms with Crippen LogP contribution in [0.1, 0.15) is 50.6 Å². The quantitative estimate of drug-likeness (QED) is 0.720. The monoisotopic (exact) mass is 311 g/mol. The minimum atomic E-state index is 0.500. The largest absolute Gasteiger partial charge is 0.383 e. The minimum Gasteiger partial charge on any atom is -0.383 e. The number of nitrogens with one attached hydrogen (secondary N) is 1. The fourth-order valence-electron chi connectivity index (χ4n) is 2.35. The predicted molar refractivity (Wildman–Crippen MR) is 90.3 cm³/mol. The Morgan fingerprint density at radius 3 is 2.76 bits per heavy atom. The Kier molecular flexibility index (Phi) is 6.45. The van der Waals surface area contributed by atoms with Crippen LogP contribution < -0.4 is 10.2 Å². The highest BCUT2D eigenvalue weighted by Crippen LogP contribution is 2.30. The summed E-state index contributed by atoms with van der Waals surface area (Å²) in [5.41, 5.74) is 1.26. The number of ether oxygens (including phenoxy) is 1. The number of aromatic nitrogens is 1. The molecule has 1 fully saturated rings. The summed E-state index contributed by atoms with van der Waals surface area (Å²) in [4.78, 5) is 8.70. The van der Waals surface area contributed by atoms with E-state index in [0.29, 0.717) is 6.04 Å². The van der Waals surface area contributed by atoms with Gasteiger partial charge in [-0.2, -0.15) is 0 Å². The molecule has 5 heteroatoms. The molecule has 1 saturated carbocycles. The third-order valence-electron chi connectivity index (χ3n) is 4.14. The zero-order valence-electron chi connectivity index (χ0n) is 13.8. The van der Waals surface area contributed by atoms with Gasteiger partial charge in [-0.05, 0) is 32.6 Å². The maximum Gasteiger partial charge on any atom is 0.186 e. The Balaban J connectivity index is 2.10. The second-order valence-electron chi connectivity index (χ2n) is 5.82. The summed E-state index contributed by atoms with van der Waals surface area (Å²) in [6.07, 6.45) is 4.80. The van der Waals surface area contributed by atoms with Crippen molar-refractivity contribution < 1.29 is 4.74 Å². The van der Waals surface area contributed by atoms with Crippen molar-refractivity contribution in [1.29, 1.82) is 0 Å². The van der Waals surface area contributed by atoms with Crippen LogP contribution in [-0.4, -0.2) is 37.3 Å². The standard InChI is InChI=1S/C16H29N3OS/c1-5-12(3)19(9-10-20-4)16-18-14(6-2)15(21-16)11-17-13-7-8-13/h12-13,17H,5-11H2,1-4H3. The van der Waals surface area contributed by atoms with Crippen LogP contribution in [0.15, 0.2) is 0 Å². The van der Waals surface area contributed by atoms with E-state index in [4.69, 9.17) is 9.72 Å². The topological polar surface area (TPSA) is 37.4 Å². The average Bonchev–Trinajstić information content (AvgIpc) is 3.24. The smallest absolute Gasteiger partial charge is 0.186 e. The van der Waals surface area contributed by atoms with Crippen molar-refractivity contribution in [1.82, 2.24) is 10.3 Å². The highest BCUT2D eigenvalue weighted by atomic mass is 32.1. The van der Waals surface area contributed by atoms with Gasteiger partial charge in [0.15, 0.2) is 5.13 Å². The van der Waals surface area contributed by atoms with E-state index in [2.05, 4.69) is 31.0 Å². The Hall–Kier alpha value is -0.650. The molecule has 0 bridgehead atoms. The van der Waals surface area contributed by atoms with Crippen molar-refractivity contribution in [2.45, 2.75) is 65.1 Å². The van der Waals surface area contributed by atoms with Crippen LogP contribution in [0.25, 0.3) is 0 Å². The third kappa shape index (κ3) is 4.66. The number of hydrogen-bond donors (Lipinski definition) is 1. The highest BCUT2D eigenvalue weighted by Gasteiger charge is 2.23. The summed E-state index contributed by atoms with van der Waals surface area (Å²) in [6, 6.07) is 1.25. The molecule has 1 aromatic rings. The normalized spacial score (nSPS) is 16.2. The van der Waals surface area contributed by atoms with Gasteiger partial charge in [-0.25, -0.2) is 4.98 Å². The van der Waals surface area contributed by atoms with E-state index in [9.17, 15) is 0 Å². The van der Waals surface area contributed by atoms with Crippen LogP contribution in [0.2, 0.25) is 0 Å². The van der Waals surface area contributed by atoms with E-state index in [1.165, 1.54) is 23.4 Å². The molecule has 0 radical (unpaired) electrons. The van der Waals surface area contributed by atoms with Gasteiger partial charge in [-0.15, -0.1) is 11.3 Å². The fraction of sp³-hybridized carbons (Fsp3) is 0.812. The summed E-state index contributed by atoms with van der Waals surface area (Å²) in [5.74, 6) is 0. The van der Waals surface area contributed by atoms with Crippen LogP contribution in [-0.2, 0) is 17.7 Å². The number of nitrogens with zero attached hydrogens (tertiary/aromatic N) is 2. The third-order valence-corrected chi connectivity index (χ3v) is 5.27. The molecular formula is C16H29N3OS. The van der Waals surface area contributed by atoms with Crippen LogP contribution >= 0.6 is 11.3 Å². The second kappa shape index (κ2) is 8.11. The first-order valence-corrected chi connectivity index (χ1v) is 8.98. The van der Waals surface area contributed by atoms with Crippen molar-refractivity contribution in [2.75, 3.05) is 25.2 Å². The van der Waals surface area contributed by atoms with Crippen molar-refractivity contribution in [3.05, 3.63) is 10.6 Å². The molecule has 21 heavy (non-hydrogen) atoms. The maximum absolute atomic E-state index is 5.26. The molecule has 0 aromatic carbocycles. The molecule has 120 valence electrons. The van der Waals surface area contributed by atoms with Crippen LogP contribution in [0.3, 0.4) is 0 Å². The van der Waals surface area contributed by atoms with Crippen molar-refractivity contribution >= 4 is 16.5 Å². The van der Waals surface area contributed by atoms with Crippen LogP contribution in [0, 0.1) is 0 Å². The molecule has 1 aromatic heterocycles. The summed E-state index contributed by atoms with van der Waals surface area (Å²) in [5, 5.41) is 4.77. The number of methoxy groups -OCH3 is 1. The zero-order valence-corrected chi connectivity index (χ0v) is 14.6. The van der Waals surface area contributed by atoms with Gasteiger partial charge in [-0.3, -0.25) is 0 Å². The van der Waals surface area contributed by atoms with E-state index in [-0.39, 0.29) is 0 Å². The molecule has 1 unspecified atom stereocenters. The SMILES string of the molecule is CCc1nc(N(CCOC)C(C)CC)sc1CNC1CC1. The molecule has 4 nitrogen and oxygen atoms in total. The van der Waals surface area contributed by atoms with Gasteiger partial charge in [-0.1, -0.05) is 13.8 Å². The number of thiazole rings is 1. The lowest BCUT2D eigenvalue weighted by Gasteiger charge is -2.27. The van der Waals surface area contributed by atoms with Crippen LogP contribution in [0.5, 0.6) is 0 Å². The van der Waals surface area contributed by atoms with Gasteiger partial charge in [0.1, 0.15) is 0 Å². The lowest BCUT2D eigenvalue weighted by molar-refractivity contribution is 0.203. The first-order chi connectivity index (χ1) is 10.2. The molecule has 1 aliphatic rings. The number of aryl methyl sites for hydroxylation is 1. The van der Waals surface area contributed by atoms with E-state index < -0.39 is 0 Å². The van der Waals surface area contributed by atoms with Crippen molar-refractivity contribution in [2.24, 2.45) is 0 Å². The van der Waals surface area contributed by atoms with Gasteiger partial charge in [0.2, 0.25) is 0 Å². The molecule has 2 rings (SSSR count). The Morgan fingerprint density at radius 2 is 2.19 bits per heavy atom. The first-order valence-electron chi connectivity index (χ1n) is 8.17. The first kappa shape index (κ1) is 16.7. The molecule has 1 atom stereocenters. The maximum atomic E-state index is 5.26. The molecule has 1 aliphatic carbocycles. The van der Waals surface area contributed by atoms with Gasteiger partial charge in [0, 0.05) is 37.2 Å². The summed E-state index contributed by atoms with van der Waals surface area (Å²) in [6.45, 7) is 9.34. The molecular weight excluding hydrogens is 282 g/mol. The predicted octanol–water partition coefficient (Wildman–Crippen LogP) is 3.21. The second-order valence-corrected chi connectivity index (χ2v) is 6.88. The lowest BCUT2D eigenvalue weighted by atomic mass is 10.2. The number of hydrogen-bond acceptors (Lipinski definition) is 5. The van der Waals surface area contributed by atoms with E-state index in [1.54, 1.807) is 7.11 Å². The van der Waals surface area contributed by atoms with E-state index in [0.717, 1.165) is 43.7 Å². The molecule has 1 heterocycles. The van der Waals surface area contributed by atoms with Gasteiger partial charge in [0.05, 0.1) is 12.3 Å². The molecule has 0 saturated heterocycles. The average molecular weight is 311 g/mol. The summed E-state index contributed by atoms with van der Waals surface area (Å²) in [7, 11) is 1.76. The Labute approximate surface area is 132 Å². The lowest BCUT2D eigenvalue weighted by Crippen LogP contribution is -2.35. The molecule has 0 spiro atoms. The summed E-state index contributed by atoms with van der Waals surface area (Å²) < 4.78 is 5.26. The molecule has 0 amide bonds. The van der Waals surface area contributed by atoms with Gasteiger partial charge in [0.25, 0.3) is 0 Å². The fourth-order valence-corrected chi connectivity index (χ4v) is 3.57. The van der Waals surface area contributed by atoms with Crippen molar-refractivity contribution in [3.63, 3.8) is 0 Å². The molecule has 0 aliphatic heterocycles. The molecule has 1 N–H and O–H groups in total. The number of rotatable bonds is 10. The van der Waals surface area contributed by atoms with Gasteiger partial charge >= 0.3 is 0 Å².